The van der Waals surface area contributed by atoms with E-state index in [1.807, 2.05) is 0 Å². The van der Waals surface area contributed by atoms with E-state index in [-0.39, 0.29) is 30.6 Å². The number of hydrogen-bond acceptors (Lipinski definition) is 3. The van der Waals surface area contributed by atoms with Gasteiger partial charge in [0, 0.05) is 19.5 Å². The summed E-state index contributed by atoms with van der Waals surface area (Å²) in [5.74, 6) is 0. The van der Waals surface area contributed by atoms with Crippen molar-refractivity contribution in [1.82, 2.24) is 19.9 Å². The van der Waals surface area contributed by atoms with Crippen molar-refractivity contribution in [2.75, 3.05) is 0 Å². The van der Waals surface area contributed by atoms with Crippen molar-refractivity contribution in [3.63, 3.8) is 0 Å². The molecule has 3 N–H and O–H groups in total. The minimum Gasteiger partial charge on any atom is -0.339 e. The van der Waals surface area contributed by atoms with Crippen molar-refractivity contribution >= 4 is 11.2 Å². The molecular weight excluding hydrogens is 213 g/mol. The summed E-state index contributed by atoms with van der Waals surface area (Å²) in [5, 5.41) is 0. The van der Waals surface area contributed by atoms with Crippen molar-refractivity contribution in [3.8, 4) is 0 Å². The Balaban J connectivity index is 0.000000720. The normalized spacial score (nSPS) is 9.67. The first-order chi connectivity index (χ1) is 5.27. The molecule has 0 aliphatic rings. The standard InChI is InChI=1S/C5H4N4O2.Zn/c10-4-2-3(7-1-6-2)8-5(11)9-4;/h1H,(H3,6,7,8,9,10,11);. The van der Waals surface area contributed by atoms with E-state index in [4.69, 9.17) is 0 Å². The molecule has 0 aliphatic carbocycles. The molecule has 6 nitrogen and oxygen atoms in total. The number of imidazole rings is 1. The van der Waals surface area contributed by atoms with E-state index >= 15 is 0 Å². The molecule has 0 aliphatic heterocycles. The predicted molar refractivity (Wildman–Crippen MR) is 37.3 cm³/mol. The molecule has 58 valence electrons. The molecule has 0 spiro atoms. The minimum atomic E-state index is -0.547. The van der Waals surface area contributed by atoms with E-state index in [1.165, 1.54) is 6.33 Å². The second-order valence-electron chi connectivity index (χ2n) is 2.03. The van der Waals surface area contributed by atoms with Crippen LogP contribution < -0.4 is 11.2 Å². The number of rotatable bonds is 0. The Morgan fingerprint density at radius 1 is 1.25 bits per heavy atom. The molecular formula is C5H4N4O2Zn. The number of aromatic nitrogens is 4. The first kappa shape index (κ1) is 8.87. The maximum Gasteiger partial charge on any atom is 0.327 e. The van der Waals surface area contributed by atoms with Gasteiger partial charge < -0.3 is 4.98 Å². The Kier molecular flexibility index (Phi) is 2.23. The van der Waals surface area contributed by atoms with E-state index in [9.17, 15) is 9.59 Å². The minimum absolute atomic E-state index is 0. The topological polar surface area (TPSA) is 94.4 Å². The molecule has 0 unspecified atom stereocenters. The third-order valence-electron chi connectivity index (χ3n) is 1.33. The van der Waals surface area contributed by atoms with Gasteiger partial charge >= 0.3 is 5.69 Å². The van der Waals surface area contributed by atoms with Crippen molar-refractivity contribution in [3.05, 3.63) is 27.2 Å². The molecule has 0 amide bonds. The summed E-state index contributed by atoms with van der Waals surface area (Å²) in [7, 11) is 0. The number of hydrogen-bond donors (Lipinski definition) is 3. The second kappa shape index (κ2) is 3.02. The van der Waals surface area contributed by atoms with E-state index in [0.29, 0.717) is 0 Å². The molecule has 2 heterocycles. The van der Waals surface area contributed by atoms with Gasteiger partial charge in [-0.25, -0.2) is 9.78 Å². The molecule has 0 aromatic carbocycles. The molecule has 0 radical (unpaired) electrons. The van der Waals surface area contributed by atoms with Crippen LogP contribution in [0.25, 0.3) is 11.2 Å². The number of nitrogens with one attached hydrogen (secondary N) is 3. The number of H-pyrrole nitrogens is 3. The fourth-order valence-electron chi connectivity index (χ4n) is 0.867. The molecule has 0 atom stereocenters. The van der Waals surface area contributed by atoms with E-state index in [2.05, 4.69) is 19.9 Å². The Bertz CT molecular complexity index is 496. The molecule has 2 rings (SSSR count). The van der Waals surface area contributed by atoms with Gasteiger partial charge in [0.05, 0.1) is 6.33 Å². The van der Waals surface area contributed by atoms with Crippen LogP contribution in [0, 0.1) is 0 Å². The zero-order valence-electron chi connectivity index (χ0n) is 6.05. The smallest absolute Gasteiger partial charge is 0.327 e. The molecule has 0 saturated carbocycles. The fourth-order valence-corrected chi connectivity index (χ4v) is 0.867. The summed E-state index contributed by atoms with van der Waals surface area (Å²) in [5.41, 5.74) is -0.445. The van der Waals surface area contributed by atoms with Gasteiger partial charge in [-0.1, -0.05) is 0 Å². The number of fused-ring (bicyclic) bond motifs is 1. The van der Waals surface area contributed by atoms with Crippen LogP contribution >= 0.6 is 0 Å². The molecule has 0 bridgehead atoms. The van der Waals surface area contributed by atoms with Crippen LogP contribution in [0.1, 0.15) is 0 Å². The zero-order chi connectivity index (χ0) is 7.84. The summed E-state index contributed by atoms with van der Waals surface area (Å²) in [6.07, 6.45) is 1.34. The largest absolute Gasteiger partial charge is 0.339 e. The summed E-state index contributed by atoms with van der Waals surface area (Å²) >= 11 is 0. The van der Waals surface area contributed by atoms with Crippen molar-refractivity contribution in [2.45, 2.75) is 0 Å². The third kappa shape index (κ3) is 1.23. The molecule has 7 heteroatoms. The van der Waals surface area contributed by atoms with Gasteiger partial charge in [-0.15, -0.1) is 0 Å². The van der Waals surface area contributed by atoms with Crippen LogP contribution in [0.15, 0.2) is 15.9 Å². The second-order valence-corrected chi connectivity index (χ2v) is 2.03. The molecule has 0 saturated heterocycles. The quantitative estimate of drug-likeness (QED) is 0.491. The summed E-state index contributed by atoms with van der Waals surface area (Å²) < 4.78 is 0. The van der Waals surface area contributed by atoms with Gasteiger partial charge in [0.15, 0.2) is 5.65 Å². The Hall–Kier alpha value is -1.23. The Labute approximate surface area is 78.2 Å². The van der Waals surface area contributed by atoms with Crippen LogP contribution in [0.4, 0.5) is 0 Å². The fraction of sp³-hybridized carbons (Fsp3) is 0. The number of nitrogens with zero attached hydrogens (tertiary/aromatic N) is 1. The third-order valence-corrected chi connectivity index (χ3v) is 1.33. The summed E-state index contributed by atoms with van der Waals surface area (Å²) in [6.45, 7) is 0. The Morgan fingerprint density at radius 2 is 2.00 bits per heavy atom. The maximum absolute atomic E-state index is 10.9. The molecule has 0 fully saturated rings. The summed E-state index contributed by atoms with van der Waals surface area (Å²) in [4.78, 5) is 32.3. The monoisotopic (exact) mass is 216 g/mol. The van der Waals surface area contributed by atoms with Crippen LogP contribution in [0.3, 0.4) is 0 Å². The van der Waals surface area contributed by atoms with E-state index in [1.54, 1.807) is 0 Å². The average molecular weight is 218 g/mol. The van der Waals surface area contributed by atoms with Crippen LogP contribution in [-0.2, 0) is 19.5 Å². The van der Waals surface area contributed by atoms with Gasteiger partial charge in [0.1, 0.15) is 5.52 Å². The van der Waals surface area contributed by atoms with Gasteiger partial charge in [-0.2, -0.15) is 0 Å². The van der Waals surface area contributed by atoms with Gasteiger partial charge in [-0.05, 0) is 0 Å². The predicted octanol–water partition coefficient (Wildman–Crippen LogP) is -1.06. The van der Waals surface area contributed by atoms with Crippen molar-refractivity contribution < 1.29 is 19.5 Å². The van der Waals surface area contributed by atoms with E-state index < -0.39 is 11.2 Å². The number of aromatic amines is 3. The van der Waals surface area contributed by atoms with Crippen molar-refractivity contribution in [2.24, 2.45) is 0 Å². The molecule has 2 aromatic rings. The average Bonchev–Trinajstić information content (AvgIpc) is 2.34. The van der Waals surface area contributed by atoms with Gasteiger partial charge in [-0.3, -0.25) is 14.8 Å². The van der Waals surface area contributed by atoms with Crippen molar-refractivity contribution in [1.29, 1.82) is 0 Å². The molecule has 12 heavy (non-hydrogen) atoms. The van der Waals surface area contributed by atoms with Gasteiger partial charge in [0.25, 0.3) is 5.56 Å². The molecule has 2 aromatic heterocycles. The van der Waals surface area contributed by atoms with Crippen LogP contribution in [0.2, 0.25) is 0 Å². The maximum atomic E-state index is 10.9. The zero-order valence-corrected chi connectivity index (χ0v) is 9.02. The Morgan fingerprint density at radius 3 is 2.75 bits per heavy atom. The van der Waals surface area contributed by atoms with E-state index in [0.717, 1.165) is 0 Å². The first-order valence-electron chi connectivity index (χ1n) is 2.93. The first-order valence-corrected chi connectivity index (χ1v) is 2.93. The summed E-state index contributed by atoms with van der Waals surface area (Å²) in [6, 6.07) is 0. The van der Waals surface area contributed by atoms with Crippen LogP contribution in [0.5, 0.6) is 0 Å². The van der Waals surface area contributed by atoms with Gasteiger partial charge in [0.2, 0.25) is 0 Å². The SMILES string of the molecule is O=c1[nH]c(=O)c2[nH]cnc2[nH]1.[Zn]. The van der Waals surface area contributed by atoms with Crippen LogP contribution in [-0.4, -0.2) is 19.9 Å².